The van der Waals surface area contributed by atoms with Gasteiger partial charge in [0, 0.05) is 5.69 Å². The van der Waals surface area contributed by atoms with Crippen molar-refractivity contribution < 1.29 is 13.2 Å². The molecule has 4 nitrogen and oxygen atoms in total. The van der Waals surface area contributed by atoms with Gasteiger partial charge in [0.1, 0.15) is 10.6 Å². The number of anilines is 1. The molecule has 2 aromatic carbocycles. The average molecular weight is 326 g/mol. The zero-order valence-corrected chi connectivity index (χ0v) is 13.3. The molecule has 0 spiro atoms. The van der Waals surface area contributed by atoms with Crippen molar-refractivity contribution in [1.29, 1.82) is 0 Å². The highest BCUT2D eigenvalue weighted by Crippen LogP contribution is 2.24. The predicted molar refractivity (Wildman–Crippen MR) is 84.5 cm³/mol. The Morgan fingerprint density at radius 2 is 1.67 bits per heavy atom. The number of benzene rings is 2. The van der Waals surface area contributed by atoms with Crippen LogP contribution in [0, 0.1) is 0 Å². The summed E-state index contributed by atoms with van der Waals surface area (Å²) < 4.78 is 32.5. The molecule has 0 saturated carbocycles. The van der Waals surface area contributed by atoms with E-state index in [1.54, 1.807) is 36.4 Å². The summed E-state index contributed by atoms with van der Waals surface area (Å²) in [6.07, 6.45) is 0.0654. The van der Waals surface area contributed by atoms with E-state index in [2.05, 4.69) is 4.72 Å². The second-order valence-corrected chi connectivity index (χ2v) is 6.78. The van der Waals surface area contributed by atoms with Crippen molar-refractivity contribution in [2.75, 3.05) is 4.72 Å². The Labute approximate surface area is 129 Å². The molecule has 0 heterocycles. The van der Waals surface area contributed by atoms with Gasteiger partial charge in [0.25, 0.3) is 10.0 Å². The van der Waals surface area contributed by atoms with Crippen LogP contribution in [-0.2, 0) is 10.0 Å². The molecule has 6 heteroatoms. The average Bonchev–Trinajstić information content (AvgIpc) is 2.40. The second kappa shape index (κ2) is 6.37. The van der Waals surface area contributed by atoms with E-state index in [4.69, 9.17) is 16.3 Å². The summed E-state index contributed by atoms with van der Waals surface area (Å²) in [5, 5.41) is 0.185. The van der Waals surface area contributed by atoms with E-state index in [-0.39, 0.29) is 16.0 Å². The molecule has 0 saturated heterocycles. The first kappa shape index (κ1) is 15.7. The first-order chi connectivity index (χ1) is 9.88. The summed E-state index contributed by atoms with van der Waals surface area (Å²) >= 11 is 5.92. The highest BCUT2D eigenvalue weighted by molar-refractivity contribution is 7.92. The van der Waals surface area contributed by atoms with Crippen LogP contribution >= 0.6 is 11.6 Å². The summed E-state index contributed by atoms with van der Waals surface area (Å²) in [4.78, 5) is 0.0502. The fourth-order valence-electron chi connectivity index (χ4n) is 1.75. The Kier molecular flexibility index (Phi) is 4.75. The Balaban J connectivity index is 2.19. The van der Waals surface area contributed by atoms with Gasteiger partial charge in [-0.1, -0.05) is 23.7 Å². The van der Waals surface area contributed by atoms with Crippen molar-refractivity contribution in [1.82, 2.24) is 0 Å². The molecule has 0 radical (unpaired) electrons. The molecule has 2 aromatic rings. The summed E-state index contributed by atoms with van der Waals surface area (Å²) in [6, 6.07) is 13.0. The van der Waals surface area contributed by atoms with Crippen LogP contribution in [-0.4, -0.2) is 14.5 Å². The molecule has 0 atom stereocenters. The topological polar surface area (TPSA) is 55.4 Å². The standard InChI is InChI=1S/C15H16ClNO3S/c1-11(2)20-13-9-7-12(8-10-13)17-21(18,19)15-6-4-3-5-14(15)16/h3-11,17H,1-2H3. The van der Waals surface area contributed by atoms with Crippen molar-refractivity contribution >= 4 is 27.3 Å². The van der Waals surface area contributed by atoms with Crippen LogP contribution in [0.25, 0.3) is 0 Å². The number of ether oxygens (including phenoxy) is 1. The maximum atomic E-state index is 12.3. The zero-order valence-electron chi connectivity index (χ0n) is 11.7. The molecule has 1 N–H and O–H groups in total. The van der Waals surface area contributed by atoms with Gasteiger partial charge in [-0.25, -0.2) is 8.42 Å². The van der Waals surface area contributed by atoms with Gasteiger partial charge >= 0.3 is 0 Å². The molecular weight excluding hydrogens is 310 g/mol. The molecule has 0 aliphatic carbocycles. The SMILES string of the molecule is CC(C)Oc1ccc(NS(=O)(=O)c2ccccc2Cl)cc1. The third-order valence-electron chi connectivity index (χ3n) is 2.60. The maximum absolute atomic E-state index is 12.3. The van der Waals surface area contributed by atoms with Crippen LogP contribution in [0.2, 0.25) is 5.02 Å². The molecule has 2 rings (SSSR count). The normalized spacial score (nSPS) is 11.4. The van der Waals surface area contributed by atoms with Crippen molar-refractivity contribution in [2.24, 2.45) is 0 Å². The van der Waals surface area contributed by atoms with Gasteiger partial charge < -0.3 is 4.74 Å². The number of hydrogen-bond acceptors (Lipinski definition) is 3. The fourth-order valence-corrected chi connectivity index (χ4v) is 3.33. The molecule has 0 fully saturated rings. The molecule has 0 unspecified atom stereocenters. The van der Waals surface area contributed by atoms with Gasteiger partial charge in [-0.05, 0) is 50.2 Å². The number of halogens is 1. The zero-order chi connectivity index (χ0) is 15.5. The van der Waals surface area contributed by atoms with E-state index >= 15 is 0 Å². The number of hydrogen-bond donors (Lipinski definition) is 1. The first-order valence-corrected chi connectivity index (χ1v) is 8.28. The Morgan fingerprint density at radius 1 is 1.05 bits per heavy atom. The van der Waals surface area contributed by atoms with Crippen LogP contribution in [0.5, 0.6) is 5.75 Å². The highest BCUT2D eigenvalue weighted by Gasteiger charge is 2.17. The lowest BCUT2D eigenvalue weighted by Gasteiger charge is -2.12. The largest absolute Gasteiger partial charge is 0.491 e. The number of nitrogens with one attached hydrogen (secondary N) is 1. The van der Waals surface area contributed by atoms with Gasteiger partial charge in [-0.15, -0.1) is 0 Å². The fraction of sp³-hybridized carbons (Fsp3) is 0.200. The van der Waals surface area contributed by atoms with Crippen LogP contribution in [0.4, 0.5) is 5.69 Å². The van der Waals surface area contributed by atoms with Gasteiger partial charge in [0.2, 0.25) is 0 Å². The minimum absolute atomic E-state index is 0.0502. The minimum atomic E-state index is -3.70. The van der Waals surface area contributed by atoms with Crippen LogP contribution < -0.4 is 9.46 Å². The Morgan fingerprint density at radius 3 is 2.24 bits per heavy atom. The van der Waals surface area contributed by atoms with Gasteiger partial charge in [0.15, 0.2) is 0 Å². The van der Waals surface area contributed by atoms with E-state index in [0.29, 0.717) is 11.4 Å². The highest BCUT2D eigenvalue weighted by atomic mass is 35.5. The van der Waals surface area contributed by atoms with Crippen LogP contribution in [0.15, 0.2) is 53.4 Å². The van der Waals surface area contributed by atoms with E-state index in [0.717, 1.165) is 0 Å². The number of rotatable bonds is 5. The maximum Gasteiger partial charge on any atom is 0.263 e. The van der Waals surface area contributed by atoms with Crippen molar-refractivity contribution in [3.8, 4) is 5.75 Å². The third-order valence-corrected chi connectivity index (χ3v) is 4.49. The molecule has 0 aliphatic rings. The van der Waals surface area contributed by atoms with Crippen LogP contribution in [0.3, 0.4) is 0 Å². The first-order valence-electron chi connectivity index (χ1n) is 6.42. The molecular formula is C15H16ClNO3S. The lowest BCUT2D eigenvalue weighted by atomic mass is 10.3. The Bertz CT molecular complexity index is 712. The summed E-state index contributed by atoms with van der Waals surface area (Å²) in [5.41, 5.74) is 0.450. The Hall–Kier alpha value is -1.72. The number of sulfonamides is 1. The minimum Gasteiger partial charge on any atom is -0.491 e. The molecule has 0 bridgehead atoms. The lowest BCUT2D eigenvalue weighted by Crippen LogP contribution is -2.13. The predicted octanol–water partition coefficient (Wildman–Crippen LogP) is 3.93. The van der Waals surface area contributed by atoms with Gasteiger partial charge in [-0.2, -0.15) is 0 Å². The second-order valence-electron chi connectivity index (χ2n) is 4.73. The van der Waals surface area contributed by atoms with E-state index in [9.17, 15) is 8.42 Å². The van der Waals surface area contributed by atoms with Crippen molar-refractivity contribution in [3.05, 3.63) is 53.6 Å². The van der Waals surface area contributed by atoms with Crippen molar-refractivity contribution in [3.63, 3.8) is 0 Å². The summed E-state index contributed by atoms with van der Waals surface area (Å²) in [6.45, 7) is 3.85. The third kappa shape index (κ3) is 4.12. The molecule has 0 amide bonds. The summed E-state index contributed by atoms with van der Waals surface area (Å²) in [5.74, 6) is 0.686. The monoisotopic (exact) mass is 325 g/mol. The quantitative estimate of drug-likeness (QED) is 0.906. The van der Waals surface area contributed by atoms with E-state index in [1.807, 2.05) is 13.8 Å². The molecule has 112 valence electrons. The summed E-state index contributed by atoms with van der Waals surface area (Å²) in [7, 11) is -3.70. The van der Waals surface area contributed by atoms with Crippen molar-refractivity contribution in [2.45, 2.75) is 24.8 Å². The van der Waals surface area contributed by atoms with Gasteiger partial charge in [-0.3, -0.25) is 4.72 Å². The van der Waals surface area contributed by atoms with E-state index < -0.39 is 10.0 Å². The van der Waals surface area contributed by atoms with Crippen LogP contribution in [0.1, 0.15) is 13.8 Å². The van der Waals surface area contributed by atoms with E-state index in [1.165, 1.54) is 12.1 Å². The molecule has 0 aromatic heterocycles. The lowest BCUT2D eigenvalue weighted by molar-refractivity contribution is 0.242. The molecule has 21 heavy (non-hydrogen) atoms. The molecule has 0 aliphatic heterocycles. The van der Waals surface area contributed by atoms with Gasteiger partial charge in [0.05, 0.1) is 11.1 Å². The smallest absolute Gasteiger partial charge is 0.263 e.